The second-order valence-corrected chi connectivity index (χ2v) is 4.99. The van der Waals surface area contributed by atoms with Crippen molar-refractivity contribution in [1.82, 2.24) is 4.90 Å². The fraction of sp³-hybridized carbons (Fsp3) is 0.562. The number of methoxy groups -OCH3 is 1. The molecule has 0 fully saturated rings. The van der Waals surface area contributed by atoms with E-state index in [-0.39, 0.29) is 5.91 Å². The van der Waals surface area contributed by atoms with Crippen LogP contribution in [-0.4, -0.2) is 37.1 Å². The van der Waals surface area contributed by atoms with Crippen LogP contribution in [0.3, 0.4) is 0 Å². The van der Waals surface area contributed by atoms with Gasteiger partial charge in [-0.15, -0.1) is 0 Å². The zero-order chi connectivity index (χ0) is 14.8. The molecule has 0 bridgehead atoms. The number of hydrogen-bond donors (Lipinski definition) is 1. The molecular weight excluding hydrogens is 252 g/mol. The van der Waals surface area contributed by atoms with Crippen molar-refractivity contribution >= 4 is 5.91 Å². The number of rotatable bonds is 9. The molecule has 0 saturated heterocycles. The maximum absolute atomic E-state index is 12.4. The Hall–Kier alpha value is -1.39. The summed E-state index contributed by atoms with van der Waals surface area (Å²) in [5, 5.41) is 0. The molecule has 1 rings (SSSR count). The van der Waals surface area contributed by atoms with E-state index in [1.807, 2.05) is 30.3 Å². The standard InChI is InChI=1S/C16H26N2O2/c1-3-4-10-15(17)16(19)18(11-12-20-2)13-14-8-6-5-7-9-14/h5-9,15H,3-4,10-13,17H2,1-2H3/t15-/m0/s1. The molecule has 0 aromatic heterocycles. The lowest BCUT2D eigenvalue weighted by Crippen LogP contribution is -2.44. The van der Waals surface area contributed by atoms with Gasteiger partial charge in [0, 0.05) is 20.2 Å². The molecule has 1 amide bonds. The van der Waals surface area contributed by atoms with Crippen LogP contribution in [0.15, 0.2) is 30.3 Å². The fourth-order valence-electron chi connectivity index (χ4n) is 2.05. The average molecular weight is 278 g/mol. The van der Waals surface area contributed by atoms with Crippen molar-refractivity contribution in [3.8, 4) is 0 Å². The number of amides is 1. The number of hydrogen-bond acceptors (Lipinski definition) is 3. The summed E-state index contributed by atoms with van der Waals surface area (Å²) in [5.74, 6) is 0.0133. The van der Waals surface area contributed by atoms with Gasteiger partial charge in [-0.3, -0.25) is 4.79 Å². The second kappa shape index (κ2) is 9.50. The summed E-state index contributed by atoms with van der Waals surface area (Å²) in [6, 6.07) is 9.56. The minimum absolute atomic E-state index is 0.0133. The first-order valence-electron chi connectivity index (χ1n) is 7.26. The van der Waals surface area contributed by atoms with Crippen molar-refractivity contribution in [2.24, 2.45) is 5.73 Å². The number of benzene rings is 1. The number of carbonyl (C=O) groups is 1. The lowest BCUT2D eigenvalue weighted by Gasteiger charge is -2.25. The molecule has 1 aromatic rings. The monoisotopic (exact) mass is 278 g/mol. The Labute approximate surface area is 121 Å². The van der Waals surface area contributed by atoms with E-state index in [2.05, 4.69) is 6.92 Å². The Morgan fingerprint density at radius 3 is 2.65 bits per heavy atom. The van der Waals surface area contributed by atoms with Crippen LogP contribution < -0.4 is 5.73 Å². The highest BCUT2D eigenvalue weighted by molar-refractivity contribution is 5.81. The van der Waals surface area contributed by atoms with Crippen LogP contribution in [0.2, 0.25) is 0 Å². The third kappa shape index (κ3) is 5.72. The predicted octanol–water partition coefficient (Wildman–Crippen LogP) is 2.18. The van der Waals surface area contributed by atoms with E-state index in [1.165, 1.54) is 0 Å². The van der Waals surface area contributed by atoms with Gasteiger partial charge in [-0.1, -0.05) is 50.1 Å². The van der Waals surface area contributed by atoms with Gasteiger partial charge in [0.2, 0.25) is 5.91 Å². The molecule has 0 heterocycles. The third-order valence-corrected chi connectivity index (χ3v) is 3.28. The number of ether oxygens (including phenoxy) is 1. The van der Waals surface area contributed by atoms with Gasteiger partial charge in [0.25, 0.3) is 0 Å². The van der Waals surface area contributed by atoms with Crippen LogP contribution in [0, 0.1) is 0 Å². The zero-order valence-electron chi connectivity index (χ0n) is 12.5. The molecule has 2 N–H and O–H groups in total. The second-order valence-electron chi connectivity index (χ2n) is 4.99. The van der Waals surface area contributed by atoms with Crippen LogP contribution in [-0.2, 0) is 16.1 Å². The van der Waals surface area contributed by atoms with E-state index in [0.717, 1.165) is 24.8 Å². The number of nitrogens with two attached hydrogens (primary N) is 1. The molecule has 1 aromatic carbocycles. The van der Waals surface area contributed by atoms with E-state index in [1.54, 1.807) is 12.0 Å². The predicted molar refractivity (Wildman–Crippen MR) is 81.2 cm³/mol. The van der Waals surface area contributed by atoms with Gasteiger partial charge in [-0.05, 0) is 12.0 Å². The summed E-state index contributed by atoms with van der Waals surface area (Å²) in [7, 11) is 1.64. The zero-order valence-corrected chi connectivity index (χ0v) is 12.5. The smallest absolute Gasteiger partial charge is 0.239 e. The average Bonchev–Trinajstić information content (AvgIpc) is 2.49. The lowest BCUT2D eigenvalue weighted by molar-refractivity contribution is -0.134. The van der Waals surface area contributed by atoms with Crippen LogP contribution >= 0.6 is 0 Å². The summed E-state index contributed by atoms with van der Waals surface area (Å²) in [6.45, 7) is 3.79. The molecule has 0 spiro atoms. The summed E-state index contributed by atoms with van der Waals surface area (Å²) in [5.41, 5.74) is 7.11. The summed E-state index contributed by atoms with van der Waals surface area (Å²) >= 11 is 0. The Morgan fingerprint density at radius 1 is 1.35 bits per heavy atom. The van der Waals surface area contributed by atoms with Crippen molar-refractivity contribution in [1.29, 1.82) is 0 Å². The maximum Gasteiger partial charge on any atom is 0.239 e. The molecule has 0 aliphatic heterocycles. The highest BCUT2D eigenvalue weighted by Gasteiger charge is 2.20. The van der Waals surface area contributed by atoms with Gasteiger partial charge >= 0.3 is 0 Å². The van der Waals surface area contributed by atoms with Crippen LogP contribution in [0.25, 0.3) is 0 Å². The van der Waals surface area contributed by atoms with Crippen molar-refractivity contribution in [3.63, 3.8) is 0 Å². The molecular formula is C16H26N2O2. The number of nitrogens with zero attached hydrogens (tertiary/aromatic N) is 1. The molecule has 0 radical (unpaired) electrons. The Morgan fingerprint density at radius 2 is 2.05 bits per heavy atom. The van der Waals surface area contributed by atoms with Gasteiger partial charge in [-0.2, -0.15) is 0 Å². The van der Waals surface area contributed by atoms with E-state index >= 15 is 0 Å². The van der Waals surface area contributed by atoms with E-state index in [0.29, 0.717) is 19.7 Å². The van der Waals surface area contributed by atoms with Crippen LogP contribution in [0.1, 0.15) is 31.7 Å². The molecule has 0 unspecified atom stereocenters. The van der Waals surface area contributed by atoms with E-state index in [9.17, 15) is 4.79 Å². The Kier molecular flexibility index (Phi) is 7.92. The molecule has 20 heavy (non-hydrogen) atoms. The van der Waals surface area contributed by atoms with Crippen molar-refractivity contribution in [3.05, 3.63) is 35.9 Å². The molecule has 1 atom stereocenters. The van der Waals surface area contributed by atoms with Crippen LogP contribution in [0.5, 0.6) is 0 Å². The molecule has 0 aliphatic rings. The topological polar surface area (TPSA) is 55.6 Å². The summed E-state index contributed by atoms with van der Waals surface area (Å²) in [4.78, 5) is 14.2. The van der Waals surface area contributed by atoms with Crippen molar-refractivity contribution in [2.75, 3.05) is 20.3 Å². The molecule has 4 heteroatoms. The largest absolute Gasteiger partial charge is 0.383 e. The minimum atomic E-state index is -0.407. The van der Waals surface area contributed by atoms with Crippen LogP contribution in [0.4, 0.5) is 0 Å². The highest BCUT2D eigenvalue weighted by atomic mass is 16.5. The first kappa shape index (κ1) is 16.7. The van der Waals surface area contributed by atoms with Gasteiger partial charge in [0.15, 0.2) is 0 Å². The first-order chi connectivity index (χ1) is 9.69. The lowest BCUT2D eigenvalue weighted by atomic mass is 10.1. The molecule has 112 valence electrons. The molecule has 0 saturated carbocycles. The van der Waals surface area contributed by atoms with Crippen molar-refractivity contribution < 1.29 is 9.53 Å². The van der Waals surface area contributed by atoms with E-state index < -0.39 is 6.04 Å². The van der Waals surface area contributed by atoms with Gasteiger partial charge in [0.1, 0.15) is 0 Å². The SMILES string of the molecule is CCCC[C@H](N)C(=O)N(CCOC)Cc1ccccc1. The van der Waals surface area contributed by atoms with Crippen molar-refractivity contribution in [2.45, 2.75) is 38.8 Å². The van der Waals surface area contributed by atoms with E-state index in [4.69, 9.17) is 10.5 Å². The molecule has 4 nitrogen and oxygen atoms in total. The Balaban J connectivity index is 2.65. The van der Waals surface area contributed by atoms with Gasteiger partial charge in [-0.25, -0.2) is 0 Å². The van der Waals surface area contributed by atoms with Gasteiger partial charge in [0.05, 0.1) is 12.6 Å². The normalized spacial score (nSPS) is 12.2. The highest BCUT2D eigenvalue weighted by Crippen LogP contribution is 2.08. The summed E-state index contributed by atoms with van der Waals surface area (Å²) < 4.78 is 5.09. The quantitative estimate of drug-likeness (QED) is 0.753. The Bertz CT molecular complexity index is 381. The number of unbranched alkanes of at least 4 members (excludes halogenated alkanes) is 1. The van der Waals surface area contributed by atoms with Gasteiger partial charge < -0.3 is 15.4 Å². The summed E-state index contributed by atoms with van der Waals surface area (Å²) in [6.07, 6.45) is 2.78. The first-order valence-corrected chi connectivity index (χ1v) is 7.26. The number of carbonyl (C=O) groups excluding carboxylic acids is 1. The minimum Gasteiger partial charge on any atom is -0.383 e. The fourth-order valence-corrected chi connectivity index (χ4v) is 2.05. The third-order valence-electron chi connectivity index (χ3n) is 3.28. The molecule has 0 aliphatic carbocycles. The maximum atomic E-state index is 12.4.